The molecule has 1 aliphatic rings. The molecule has 3 aromatic carbocycles. The maximum Gasteiger partial charge on any atom is 0.267 e. The lowest BCUT2D eigenvalue weighted by Gasteiger charge is -2.17. The predicted molar refractivity (Wildman–Crippen MR) is 119 cm³/mol. The molecule has 6 heteroatoms. The van der Waals surface area contributed by atoms with Crippen molar-refractivity contribution in [1.82, 2.24) is 0 Å². The number of fused-ring (bicyclic) bond motifs is 1. The number of nitrogens with one attached hydrogen (secondary N) is 1. The number of carbonyl (C=O) groups is 2. The molecule has 2 amide bonds. The van der Waals surface area contributed by atoms with Gasteiger partial charge in [0.25, 0.3) is 11.8 Å². The van der Waals surface area contributed by atoms with Crippen LogP contribution in [0.5, 0.6) is 0 Å². The first-order valence-corrected chi connectivity index (χ1v) is 10.0. The number of hydrogen-bond acceptors (Lipinski definition) is 3. The second-order valence-electron chi connectivity index (χ2n) is 6.72. The highest BCUT2D eigenvalue weighted by Crippen LogP contribution is 2.41. The molecule has 0 atom stereocenters. The van der Waals surface area contributed by atoms with E-state index in [0.29, 0.717) is 23.5 Å². The number of carbonyl (C=O) groups excluding carboxylic acids is 2. The highest BCUT2D eigenvalue weighted by Gasteiger charge is 2.36. The van der Waals surface area contributed by atoms with Crippen molar-refractivity contribution in [2.75, 3.05) is 10.2 Å². The van der Waals surface area contributed by atoms with Gasteiger partial charge in [-0.1, -0.05) is 64.5 Å². The Kier molecular flexibility index (Phi) is 5.46. The van der Waals surface area contributed by atoms with Crippen molar-refractivity contribution in [1.29, 1.82) is 5.26 Å². The van der Waals surface area contributed by atoms with Gasteiger partial charge in [0.15, 0.2) is 0 Å². The maximum absolute atomic E-state index is 13.4. The number of hydrogen-bond donors (Lipinski definition) is 1. The highest BCUT2D eigenvalue weighted by atomic mass is 79.9. The summed E-state index contributed by atoms with van der Waals surface area (Å²) in [5, 5.41) is 12.5. The van der Waals surface area contributed by atoms with Crippen molar-refractivity contribution in [2.24, 2.45) is 0 Å². The van der Waals surface area contributed by atoms with Gasteiger partial charge in [-0.3, -0.25) is 9.59 Å². The van der Waals surface area contributed by atoms with Crippen molar-refractivity contribution in [3.63, 3.8) is 0 Å². The van der Waals surface area contributed by atoms with Gasteiger partial charge in [-0.2, -0.15) is 5.26 Å². The fourth-order valence-corrected chi connectivity index (χ4v) is 3.76. The van der Waals surface area contributed by atoms with Gasteiger partial charge in [0.2, 0.25) is 0 Å². The van der Waals surface area contributed by atoms with Crippen molar-refractivity contribution >= 4 is 44.7 Å². The fourth-order valence-electron chi connectivity index (χ4n) is 3.40. The first-order valence-electron chi connectivity index (χ1n) is 9.25. The van der Waals surface area contributed by atoms with E-state index in [1.165, 1.54) is 0 Å². The largest absolute Gasteiger partial charge is 0.321 e. The average molecular weight is 458 g/mol. The normalized spacial score (nSPS) is 14.1. The van der Waals surface area contributed by atoms with Crippen LogP contribution in [0.4, 0.5) is 11.4 Å². The van der Waals surface area contributed by atoms with Gasteiger partial charge < -0.3 is 10.2 Å². The highest BCUT2D eigenvalue weighted by molar-refractivity contribution is 9.10. The Labute approximate surface area is 182 Å². The van der Waals surface area contributed by atoms with E-state index >= 15 is 0 Å². The first-order chi connectivity index (χ1) is 14.6. The zero-order valence-electron chi connectivity index (χ0n) is 15.8. The van der Waals surface area contributed by atoms with Crippen LogP contribution in [-0.2, 0) is 16.1 Å². The number of rotatable bonds is 4. The third kappa shape index (κ3) is 3.76. The molecule has 0 radical (unpaired) electrons. The summed E-state index contributed by atoms with van der Waals surface area (Å²) >= 11 is 3.43. The maximum atomic E-state index is 13.4. The van der Waals surface area contributed by atoms with E-state index in [9.17, 15) is 14.9 Å². The topological polar surface area (TPSA) is 73.2 Å². The quantitative estimate of drug-likeness (QED) is 0.446. The number of para-hydroxylation sites is 1. The molecular formula is C24H16BrN3O2. The number of nitrogens with zero attached hydrogens (tertiary/aromatic N) is 2. The van der Waals surface area contributed by atoms with Crippen LogP contribution in [0.15, 0.2) is 88.9 Å². The number of halogens is 1. The molecule has 0 bridgehead atoms. The second kappa shape index (κ2) is 8.36. The molecule has 0 saturated carbocycles. The molecule has 5 nitrogen and oxygen atoms in total. The molecule has 0 fully saturated rings. The Morgan fingerprint density at radius 3 is 2.33 bits per heavy atom. The SMILES string of the molecule is N#C/C(C(=O)Nc1ccccc1)=C1/C(=O)N(Cc2ccccc2)c2ccc(Br)cc21. The van der Waals surface area contributed by atoms with E-state index in [1.807, 2.05) is 54.6 Å². The monoisotopic (exact) mass is 457 g/mol. The molecular weight excluding hydrogens is 442 g/mol. The lowest BCUT2D eigenvalue weighted by Crippen LogP contribution is -2.27. The summed E-state index contributed by atoms with van der Waals surface area (Å²) < 4.78 is 0.758. The summed E-state index contributed by atoms with van der Waals surface area (Å²) in [6.07, 6.45) is 0. The predicted octanol–water partition coefficient (Wildman–Crippen LogP) is 4.91. The van der Waals surface area contributed by atoms with Gasteiger partial charge in [0, 0.05) is 15.7 Å². The van der Waals surface area contributed by atoms with Crippen molar-refractivity contribution in [3.8, 4) is 6.07 Å². The number of benzene rings is 3. The van der Waals surface area contributed by atoms with E-state index in [1.54, 1.807) is 35.2 Å². The van der Waals surface area contributed by atoms with Gasteiger partial charge in [-0.25, -0.2) is 0 Å². The van der Waals surface area contributed by atoms with Gasteiger partial charge >= 0.3 is 0 Å². The van der Waals surface area contributed by atoms with Crippen LogP contribution >= 0.6 is 15.9 Å². The number of anilines is 2. The molecule has 0 aromatic heterocycles. The molecule has 30 heavy (non-hydrogen) atoms. The molecule has 146 valence electrons. The summed E-state index contributed by atoms with van der Waals surface area (Å²) in [5.41, 5.74) is 2.63. The minimum atomic E-state index is -0.612. The Bertz CT molecular complexity index is 1200. The number of nitriles is 1. The van der Waals surface area contributed by atoms with Crippen molar-refractivity contribution in [2.45, 2.75) is 6.54 Å². The third-order valence-electron chi connectivity index (χ3n) is 4.78. The minimum Gasteiger partial charge on any atom is -0.321 e. The van der Waals surface area contributed by atoms with Crippen LogP contribution in [0.25, 0.3) is 5.57 Å². The van der Waals surface area contributed by atoms with Crippen molar-refractivity contribution < 1.29 is 9.59 Å². The van der Waals surface area contributed by atoms with Crippen LogP contribution in [0.1, 0.15) is 11.1 Å². The third-order valence-corrected chi connectivity index (χ3v) is 5.28. The van der Waals surface area contributed by atoms with Crippen LogP contribution in [0.3, 0.4) is 0 Å². The smallest absolute Gasteiger partial charge is 0.267 e. The van der Waals surface area contributed by atoms with Gasteiger partial charge in [-0.15, -0.1) is 0 Å². The van der Waals surface area contributed by atoms with Gasteiger partial charge in [0.1, 0.15) is 11.6 Å². The lowest BCUT2D eigenvalue weighted by molar-refractivity contribution is -0.114. The van der Waals surface area contributed by atoms with E-state index < -0.39 is 5.91 Å². The van der Waals surface area contributed by atoms with E-state index in [-0.39, 0.29) is 17.1 Å². The molecule has 4 rings (SSSR count). The Balaban J connectivity index is 1.78. The molecule has 1 aliphatic heterocycles. The summed E-state index contributed by atoms with van der Waals surface area (Å²) in [6, 6.07) is 25.8. The van der Waals surface area contributed by atoms with E-state index in [2.05, 4.69) is 21.2 Å². The van der Waals surface area contributed by atoms with Gasteiger partial charge in [-0.05, 0) is 35.9 Å². The first kappa shape index (κ1) is 19.6. The van der Waals surface area contributed by atoms with Crippen LogP contribution in [0.2, 0.25) is 0 Å². The average Bonchev–Trinajstić information content (AvgIpc) is 3.01. The summed E-state index contributed by atoms with van der Waals surface area (Å²) in [4.78, 5) is 27.8. The van der Waals surface area contributed by atoms with Crippen LogP contribution in [-0.4, -0.2) is 11.8 Å². The summed E-state index contributed by atoms with van der Waals surface area (Å²) in [5.74, 6) is -0.980. The molecule has 0 aliphatic carbocycles. The van der Waals surface area contributed by atoms with Gasteiger partial charge in [0.05, 0.1) is 17.8 Å². The number of amides is 2. The second-order valence-corrected chi connectivity index (χ2v) is 7.64. The van der Waals surface area contributed by atoms with Crippen LogP contribution < -0.4 is 10.2 Å². The molecule has 0 unspecified atom stereocenters. The van der Waals surface area contributed by atoms with Crippen LogP contribution in [0, 0.1) is 11.3 Å². The zero-order valence-corrected chi connectivity index (χ0v) is 17.4. The zero-order chi connectivity index (χ0) is 21.1. The molecule has 1 N–H and O–H groups in total. The van der Waals surface area contributed by atoms with E-state index in [0.717, 1.165) is 10.0 Å². The summed E-state index contributed by atoms with van der Waals surface area (Å²) in [6.45, 7) is 0.344. The standard InChI is InChI=1S/C24H16BrN3O2/c25-17-11-12-21-19(13-17)22(24(30)28(21)15-16-7-3-1-4-8-16)20(14-26)23(29)27-18-9-5-2-6-10-18/h1-13H,15H2,(H,27,29)/b22-20-. The summed E-state index contributed by atoms with van der Waals surface area (Å²) in [7, 11) is 0. The molecule has 0 spiro atoms. The Morgan fingerprint density at radius 2 is 1.67 bits per heavy atom. The minimum absolute atomic E-state index is 0.109. The fraction of sp³-hybridized carbons (Fsp3) is 0.0417. The van der Waals surface area contributed by atoms with Crippen molar-refractivity contribution in [3.05, 3.63) is 100 Å². The molecule has 1 heterocycles. The molecule has 3 aromatic rings. The molecule has 0 saturated heterocycles. The van der Waals surface area contributed by atoms with E-state index in [4.69, 9.17) is 0 Å². The lowest BCUT2D eigenvalue weighted by atomic mass is 10.0. The Hall–Kier alpha value is -3.69. The Morgan fingerprint density at radius 1 is 1.00 bits per heavy atom.